The monoisotopic (exact) mass is 555 g/mol. The predicted octanol–water partition coefficient (Wildman–Crippen LogP) is 6.83. The van der Waals surface area contributed by atoms with Crippen molar-refractivity contribution in [2.24, 2.45) is 5.73 Å². The van der Waals surface area contributed by atoms with Gasteiger partial charge in [-0.2, -0.15) is 0 Å². The van der Waals surface area contributed by atoms with E-state index < -0.39 is 5.97 Å². The zero-order valence-corrected chi connectivity index (χ0v) is 22.7. The van der Waals surface area contributed by atoms with Crippen LogP contribution < -0.4 is 15.8 Å². The highest BCUT2D eigenvalue weighted by atomic mass is 16.5. The summed E-state index contributed by atoms with van der Waals surface area (Å²) in [6.07, 6.45) is 0. The van der Waals surface area contributed by atoms with E-state index in [2.05, 4.69) is 5.32 Å². The second kappa shape index (κ2) is 13.1. The van der Waals surface area contributed by atoms with E-state index in [1.165, 1.54) is 0 Å². The number of ether oxygens (including phenoxy) is 2. The Morgan fingerprint density at radius 1 is 0.667 bits per heavy atom. The number of hydrogen-bond acceptors (Lipinski definition) is 5. The van der Waals surface area contributed by atoms with Crippen LogP contribution in [0.3, 0.4) is 0 Å². The van der Waals surface area contributed by atoms with E-state index in [0.29, 0.717) is 33.7 Å². The molecule has 0 fully saturated rings. The van der Waals surface area contributed by atoms with Gasteiger partial charge in [-0.25, -0.2) is 4.79 Å². The Morgan fingerprint density at radius 3 is 1.93 bits per heavy atom. The molecule has 208 valence electrons. The number of hydrogen-bond donors (Lipinski definition) is 3. The van der Waals surface area contributed by atoms with Crippen molar-refractivity contribution in [3.63, 3.8) is 0 Å². The standard InChI is InChI=1S/C35H29N3O4/c36-33(37)26-18-20-27(21-19-26)38-34(39)30-15-8-7-14-28(30)29-16-9-17-31(41-22-24-10-3-1-4-11-24)32(29)35(40)42-23-25-12-5-2-6-13-25/h1-21H,22-23H2,(H3,36,37)(H,38,39). The van der Waals surface area contributed by atoms with Gasteiger partial charge in [-0.1, -0.05) is 91.0 Å². The van der Waals surface area contributed by atoms with E-state index in [-0.39, 0.29) is 30.5 Å². The number of rotatable bonds is 10. The second-order valence-electron chi connectivity index (χ2n) is 9.51. The van der Waals surface area contributed by atoms with Crippen molar-refractivity contribution in [1.82, 2.24) is 0 Å². The molecule has 7 nitrogen and oxygen atoms in total. The number of nitrogens with one attached hydrogen (secondary N) is 2. The number of benzene rings is 5. The topological polar surface area (TPSA) is 115 Å². The number of amides is 1. The average Bonchev–Trinajstić information content (AvgIpc) is 3.03. The van der Waals surface area contributed by atoms with Crippen LogP contribution in [0.25, 0.3) is 11.1 Å². The lowest BCUT2D eigenvalue weighted by Gasteiger charge is -2.17. The molecular formula is C35H29N3O4. The molecule has 0 heterocycles. The molecule has 42 heavy (non-hydrogen) atoms. The van der Waals surface area contributed by atoms with E-state index in [4.69, 9.17) is 20.6 Å². The molecule has 0 saturated carbocycles. The van der Waals surface area contributed by atoms with Gasteiger partial charge in [-0.3, -0.25) is 10.2 Å². The van der Waals surface area contributed by atoms with Crippen molar-refractivity contribution in [2.45, 2.75) is 13.2 Å². The SMILES string of the molecule is N=C(N)c1ccc(NC(=O)c2ccccc2-c2cccc(OCc3ccccc3)c2C(=O)OCc2ccccc2)cc1. The quantitative estimate of drug-likeness (QED) is 0.0993. The van der Waals surface area contributed by atoms with E-state index in [1.807, 2.05) is 66.7 Å². The minimum absolute atomic E-state index is 0.0562. The van der Waals surface area contributed by atoms with Gasteiger partial charge in [0.2, 0.25) is 0 Å². The molecular weight excluding hydrogens is 526 g/mol. The Morgan fingerprint density at radius 2 is 1.26 bits per heavy atom. The number of anilines is 1. The molecule has 0 aromatic heterocycles. The Balaban J connectivity index is 1.49. The molecule has 0 atom stereocenters. The zero-order valence-electron chi connectivity index (χ0n) is 22.7. The van der Waals surface area contributed by atoms with Crippen molar-refractivity contribution in [1.29, 1.82) is 5.41 Å². The highest BCUT2D eigenvalue weighted by Crippen LogP contribution is 2.34. The van der Waals surface area contributed by atoms with Gasteiger partial charge < -0.3 is 20.5 Å². The van der Waals surface area contributed by atoms with Crippen molar-refractivity contribution < 1.29 is 19.1 Å². The Hall–Kier alpha value is -5.69. The predicted molar refractivity (Wildman–Crippen MR) is 164 cm³/mol. The van der Waals surface area contributed by atoms with Crippen LogP contribution in [0, 0.1) is 5.41 Å². The highest BCUT2D eigenvalue weighted by Gasteiger charge is 2.24. The molecule has 5 rings (SSSR count). The molecule has 1 amide bonds. The maximum atomic E-state index is 13.7. The molecule has 0 aliphatic rings. The summed E-state index contributed by atoms with van der Waals surface area (Å²) in [5.74, 6) is -0.628. The van der Waals surface area contributed by atoms with Crippen LogP contribution in [0.15, 0.2) is 127 Å². The molecule has 0 aliphatic heterocycles. The third kappa shape index (κ3) is 6.71. The smallest absolute Gasteiger partial charge is 0.342 e. The number of nitrogen functional groups attached to an aromatic ring is 1. The Labute approximate surface area is 244 Å². The highest BCUT2D eigenvalue weighted by molar-refractivity contribution is 6.11. The maximum Gasteiger partial charge on any atom is 0.342 e. The van der Waals surface area contributed by atoms with E-state index in [1.54, 1.807) is 60.7 Å². The van der Waals surface area contributed by atoms with Crippen molar-refractivity contribution in [3.05, 3.63) is 155 Å². The first-order valence-corrected chi connectivity index (χ1v) is 13.4. The fourth-order valence-corrected chi connectivity index (χ4v) is 4.46. The molecule has 0 aliphatic carbocycles. The number of carbonyl (C=O) groups is 2. The van der Waals surface area contributed by atoms with Gasteiger partial charge >= 0.3 is 5.97 Å². The number of carbonyl (C=O) groups excluding carboxylic acids is 2. The third-order valence-corrected chi connectivity index (χ3v) is 6.60. The number of amidine groups is 1. The van der Waals surface area contributed by atoms with Crippen LogP contribution in [-0.2, 0) is 18.0 Å². The lowest BCUT2D eigenvalue weighted by atomic mass is 9.94. The summed E-state index contributed by atoms with van der Waals surface area (Å²) in [6.45, 7) is 0.339. The third-order valence-electron chi connectivity index (χ3n) is 6.60. The van der Waals surface area contributed by atoms with Crippen molar-refractivity contribution >= 4 is 23.4 Å². The molecule has 0 spiro atoms. The van der Waals surface area contributed by atoms with Gasteiger partial charge in [0.25, 0.3) is 5.91 Å². The summed E-state index contributed by atoms with van der Waals surface area (Å²) in [4.78, 5) is 27.2. The first kappa shape index (κ1) is 27.9. The summed E-state index contributed by atoms with van der Waals surface area (Å²) in [7, 11) is 0. The fraction of sp³-hybridized carbons (Fsp3) is 0.0571. The number of esters is 1. The number of nitrogens with two attached hydrogens (primary N) is 1. The van der Waals surface area contributed by atoms with Crippen LogP contribution in [0.1, 0.15) is 37.4 Å². The van der Waals surface area contributed by atoms with Crippen molar-refractivity contribution in [3.8, 4) is 16.9 Å². The van der Waals surface area contributed by atoms with Crippen LogP contribution in [0.5, 0.6) is 5.75 Å². The second-order valence-corrected chi connectivity index (χ2v) is 9.51. The van der Waals surface area contributed by atoms with Crippen LogP contribution in [0.4, 0.5) is 5.69 Å². The lowest BCUT2D eigenvalue weighted by Crippen LogP contribution is -2.15. The molecule has 0 bridgehead atoms. The maximum absolute atomic E-state index is 13.7. The first-order chi connectivity index (χ1) is 20.5. The molecule has 0 radical (unpaired) electrons. The van der Waals surface area contributed by atoms with Gasteiger partial charge in [0.1, 0.15) is 30.4 Å². The van der Waals surface area contributed by atoms with E-state index in [9.17, 15) is 9.59 Å². The van der Waals surface area contributed by atoms with E-state index in [0.717, 1.165) is 11.1 Å². The summed E-state index contributed by atoms with van der Waals surface area (Å²) in [6, 6.07) is 38.1. The van der Waals surface area contributed by atoms with Gasteiger partial charge in [-0.15, -0.1) is 0 Å². The Kier molecular flexibility index (Phi) is 8.70. The molecule has 0 unspecified atom stereocenters. The molecule has 0 saturated heterocycles. The summed E-state index contributed by atoms with van der Waals surface area (Å²) in [5, 5.41) is 10.5. The van der Waals surface area contributed by atoms with Gasteiger partial charge in [0.05, 0.1) is 0 Å². The van der Waals surface area contributed by atoms with Gasteiger partial charge in [-0.05, 0) is 53.1 Å². The zero-order chi connectivity index (χ0) is 29.3. The first-order valence-electron chi connectivity index (χ1n) is 13.4. The van der Waals surface area contributed by atoms with E-state index >= 15 is 0 Å². The fourth-order valence-electron chi connectivity index (χ4n) is 4.46. The summed E-state index contributed by atoms with van der Waals surface area (Å²) in [5.41, 5.74) is 10.1. The minimum atomic E-state index is -0.562. The Bertz CT molecular complexity index is 1700. The molecule has 5 aromatic carbocycles. The normalized spacial score (nSPS) is 10.5. The van der Waals surface area contributed by atoms with Crippen LogP contribution in [-0.4, -0.2) is 17.7 Å². The van der Waals surface area contributed by atoms with Crippen molar-refractivity contribution in [2.75, 3.05) is 5.32 Å². The minimum Gasteiger partial charge on any atom is -0.488 e. The van der Waals surface area contributed by atoms with Crippen LogP contribution >= 0.6 is 0 Å². The largest absolute Gasteiger partial charge is 0.488 e. The lowest BCUT2D eigenvalue weighted by molar-refractivity contribution is 0.0468. The molecule has 5 aromatic rings. The average molecular weight is 556 g/mol. The molecule has 7 heteroatoms. The summed E-state index contributed by atoms with van der Waals surface area (Å²) >= 11 is 0. The van der Waals surface area contributed by atoms with Gasteiger partial charge in [0.15, 0.2) is 0 Å². The van der Waals surface area contributed by atoms with Crippen LogP contribution in [0.2, 0.25) is 0 Å². The van der Waals surface area contributed by atoms with Gasteiger partial charge in [0, 0.05) is 22.4 Å². The molecule has 4 N–H and O–H groups in total. The summed E-state index contributed by atoms with van der Waals surface area (Å²) < 4.78 is 11.9.